The van der Waals surface area contributed by atoms with Gasteiger partial charge in [0.25, 0.3) is 0 Å². The number of anilines is 1. The molecule has 0 aliphatic carbocycles. The third kappa shape index (κ3) is 2.41. The van der Waals surface area contributed by atoms with Crippen molar-refractivity contribution in [2.24, 2.45) is 5.92 Å². The molecule has 1 fully saturated rings. The molecule has 2 nitrogen and oxygen atoms in total. The van der Waals surface area contributed by atoms with Gasteiger partial charge in [0.2, 0.25) is 0 Å². The number of hydrogen-bond acceptors (Lipinski definition) is 2. The zero-order valence-electron chi connectivity index (χ0n) is 9.62. The third-order valence-electron chi connectivity index (χ3n) is 3.31. The number of aliphatic hydroxyl groups is 1. The highest BCUT2D eigenvalue weighted by atomic mass is 79.9. The van der Waals surface area contributed by atoms with E-state index in [9.17, 15) is 0 Å². The first kappa shape index (κ1) is 11.9. The molecule has 16 heavy (non-hydrogen) atoms. The third-order valence-corrected chi connectivity index (χ3v) is 3.80. The molecule has 1 unspecified atom stereocenters. The molecule has 1 heterocycles. The fraction of sp³-hybridized carbons (Fsp3) is 0.538. The van der Waals surface area contributed by atoms with E-state index in [1.807, 2.05) is 0 Å². The Bertz CT molecular complexity index is 367. The van der Waals surface area contributed by atoms with Crippen molar-refractivity contribution >= 4 is 21.6 Å². The van der Waals surface area contributed by atoms with Crippen molar-refractivity contribution in [3.8, 4) is 0 Å². The normalized spacial score (nSPS) is 20.4. The lowest BCUT2D eigenvalue weighted by atomic mass is 10.1. The van der Waals surface area contributed by atoms with Gasteiger partial charge in [-0.3, -0.25) is 0 Å². The Hall–Kier alpha value is -0.540. The van der Waals surface area contributed by atoms with Gasteiger partial charge >= 0.3 is 0 Å². The molecule has 0 aromatic heterocycles. The summed E-state index contributed by atoms with van der Waals surface area (Å²) in [6, 6.07) is 6.48. The summed E-state index contributed by atoms with van der Waals surface area (Å²) in [5.74, 6) is 0.452. The Balaban J connectivity index is 2.20. The van der Waals surface area contributed by atoms with Crippen molar-refractivity contribution in [1.82, 2.24) is 0 Å². The highest BCUT2D eigenvalue weighted by molar-refractivity contribution is 9.10. The monoisotopic (exact) mass is 283 g/mol. The molecule has 1 saturated heterocycles. The molecule has 1 atom stereocenters. The highest BCUT2D eigenvalue weighted by Gasteiger charge is 2.23. The fourth-order valence-corrected chi connectivity index (χ4v) is 2.75. The number of hydrogen-bond donors (Lipinski definition) is 1. The van der Waals surface area contributed by atoms with Gasteiger partial charge in [-0.05, 0) is 36.6 Å². The predicted octanol–water partition coefficient (Wildman–Crippen LogP) is 2.83. The molecule has 1 aliphatic rings. The minimum atomic E-state index is 0.314. The summed E-state index contributed by atoms with van der Waals surface area (Å²) in [7, 11) is 0. The van der Waals surface area contributed by atoms with E-state index in [0.717, 1.165) is 30.4 Å². The van der Waals surface area contributed by atoms with Crippen LogP contribution in [-0.4, -0.2) is 24.8 Å². The summed E-state index contributed by atoms with van der Waals surface area (Å²) in [4.78, 5) is 2.40. The van der Waals surface area contributed by atoms with E-state index in [-0.39, 0.29) is 0 Å². The van der Waals surface area contributed by atoms with Crippen LogP contribution >= 0.6 is 15.9 Å². The first-order valence-corrected chi connectivity index (χ1v) is 6.68. The van der Waals surface area contributed by atoms with Gasteiger partial charge in [-0.1, -0.05) is 22.9 Å². The molecule has 88 valence electrons. The van der Waals surface area contributed by atoms with Crippen molar-refractivity contribution in [2.75, 3.05) is 24.6 Å². The molecule has 0 saturated carbocycles. The van der Waals surface area contributed by atoms with Gasteiger partial charge in [0.1, 0.15) is 0 Å². The molecule has 3 heteroatoms. The molecule has 1 aromatic carbocycles. The molecule has 0 radical (unpaired) electrons. The smallest absolute Gasteiger partial charge is 0.0476 e. The van der Waals surface area contributed by atoms with Crippen molar-refractivity contribution in [2.45, 2.75) is 19.8 Å². The Morgan fingerprint density at radius 2 is 2.31 bits per heavy atom. The Labute approximate surface area is 105 Å². The Morgan fingerprint density at radius 1 is 1.50 bits per heavy atom. The van der Waals surface area contributed by atoms with Crippen LogP contribution in [0.25, 0.3) is 0 Å². The van der Waals surface area contributed by atoms with E-state index >= 15 is 0 Å². The van der Waals surface area contributed by atoms with Crippen molar-refractivity contribution in [3.05, 3.63) is 28.2 Å². The number of aliphatic hydroxyl groups excluding tert-OH is 1. The van der Waals surface area contributed by atoms with Gasteiger partial charge in [0.15, 0.2) is 0 Å². The SMILES string of the molecule is CCc1cc(Br)ccc1N1CCC(CO)C1. The number of benzene rings is 1. The average molecular weight is 284 g/mol. The molecular formula is C13H18BrNO. The molecule has 2 rings (SSSR count). The lowest BCUT2D eigenvalue weighted by Gasteiger charge is -2.21. The molecule has 0 amide bonds. The van der Waals surface area contributed by atoms with Crippen LogP contribution in [0, 0.1) is 5.92 Å². The standard InChI is InChI=1S/C13H18BrNO/c1-2-11-7-12(14)3-4-13(11)15-6-5-10(8-15)9-16/h3-4,7,10,16H,2,5-6,8-9H2,1H3. The number of halogens is 1. The van der Waals surface area contributed by atoms with Gasteiger partial charge in [0.05, 0.1) is 0 Å². The summed E-state index contributed by atoms with van der Waals surface area (Å²) in [6.07, 6.45) is 2.16. The maximum Gasteiger partial charge on any atom is 0.0476 e. The predicted molar refractivity (Wildman–Crippen MR) is 70.9 cm³/mol. The molecule has 0 bridgehead atoms. The Kier molecular flexibility index (Phi) is 3.87. The van der Waals surface area contributed by atoms with E-state index < -0.39 is 0 Å². The quantitative estimate of drug-likeness (QED) is 0.922. The summed E-state index contributed by atoms with van der Waals surface area (Å²) >= 11 is 3.51. The van der Waals surface area contributed by atoms with Gasteiger partial charge in [0, 0.05) is 35.8 Å². The first-order chi connectivity index (χ1) is 7.74. The van der Waals surface area contributed by atoms with Crippen LogP contribution < -0.4 is 4.90 Å². The molecule has 1 aromatic rings. The maximum absolute atomic E-state index is 9.17. The van der Waals surface area contributed by atoms with E-state index in [2.05, 4.69) is 46.0 Å². The van der Waals surface area contributed by atoms with Gasteiger partial charge < -0.3 is 10.0 Å². The lowest BCUT2D eigenvalue weighted by Crippen LogP contribution is -2.21. The topological polar surface area (TPSA) is 23.5 Å². The maximum atomic E-state index is 9.17. The van der Waals surface area contributed by atoms with Crippen molar-refractivity contribution in [1.29, 1.82) is 0 Å². The van der Waals surface area contributed by atoms with Crippen LogP contribution in [0.5, 0.6) is 0 Å². The molecular weight excluding hydrogens is 266 g/mol. The summed E-state index contributed by atoms with van der Waals surface area (Å²) in [6.45, 7) is 4.56. The van der Waals surface area contributed by atoms with Crippen LogP contribution in [-0.2, 0) is 6.42 Å². The Morgan fingerprint density at radius 3 is 2.94 bits per heavy atom. The highest BCUT2D eigenvalue weighted by Crippen LogP contribution is 2.29. The molecule has 1 N–H and O–H groups in total. The molecule has 0 spiro atoms. The molecule has 1 aliphatic heterocycles. The van der Waals surface area contributed by atoms with E-state index in [1.165, 1.54) is 11.3 Å². The number of rotatable bonds is 3. The van der Waals surface area contributed by atoms with E-state index in [0.29, 0.717) is 12.5 Å². The second-order valence-electron chi connectivity index (χ2n) is 4.41. The van der Waals surface area contributed by atoms with Crippen LogP contribution in [0.15, 0.2) is 22.7 Å². The van der Waals surface area contributed by atoms with Crippen molar-refractivity contribution in [3.63, 3.8) is 0 Å². The zero-order chi connectivity index (χ0) is 11.5. The van der Waals surface area contributed by atoms with Crippen LogP contribution in [0.4, 0.5) is 5.69 Å². The summed E-state index contributed by atoms with van der Waals surface area (Å²) in [5.41, 5.74) is 2.72. The first-order valence-electron chi connectivity index (χ1n) is 5.88. The average Bonchev–Trinajstić information content (AvgIpc) is 2.77. The minimum Gasteiger partial charge on any atom is -0.396 e. The summed E-state index contributed by atoms with van der Waals surface area (Å²) in [5, 5.41) is 9.17. The van der Waals surface area contributed by atoms with E-state index in [4.69, 9.17) is 5.11 Å². The zero-order valence-corrected chi connectivity index (χ0v) is 11.2. The summed E-state index contributed by atoms with van der Waals surface area (Å²) < 4.78 is 1.14. The van der Waals surface area contributed by atoms with Gasteiger partial charge in [-0.2, -0.15) is 0 Å². The second-order valence-corrected chi connectivity index (χ2v) is 5.33. The minimum absolute atomic E-state index is 0.314. The number of nitrogens with zero attached hydrogens (tertiary/aromatic N) is 1. The second kappa shape index (κ2) is 5.19. The van der Waals surface area contributed by atoms with Gasteiger partial charge in [-0.15, -0.1) is 0 Å². The van der Waals surface area contributed by atoms with Crippen LogP contribution in [0.1, 0.15) is 18.9 Å². The lowest BCUT2D eigenvalue weighted by molar-refractivity contribution is 0.238. The van der Waals surface area contributed by atoms with Crippen molar-refractivity contribution < 1.29 is 5.11 Å². The largest absolute Gasteiger partial charge is 0.396 e. The number of aryl methyl sites for hydroxylation is 1. The van der Waals surface area contributed by atoms with E-state index in [1.54, 1.807) is 0 Å². The van der Waals surface area contributed by atoms with Gasteiger partial charge in [-0.25, -0.2) is 0 Å². The van der Waals surface area contributed by atoms with Crippen LogP contribution in [0.2, 0.25) is 0 Å². The fourth-order valence-electron chi connectivity index (χ4n) is 2.35. The van der Waals surface area contributed by atoms with Crippen LogP contribution in [0.3, 0.4) is 0 Å².